The first-order chi connectivity index (χ1) is 15.1. The molecule has 1 aromatic heterocycles. The van der Waals surface area contributed by atoms with Crippen LogP contribution in [-0.4, -0.2) is 38.8 Å². The monoisotopic (exact) mass is 437 g/mol. The van der Waals surface area contributed by atoms with E-state index in [4.69, 9.17) is 16.3 Å². The number of H-pyrrole nitrogens is 1. The van der Waals surface area contributed by atoms with E-state index in [1.54, 1.807) is 6.07 Å². The quantitative estimate of drug-likeness (QED) is 0.566. The van der Waals surface area contributed by atoms with Crippen molar-refractivity contribution in [3.05, 3.63) is 64.3 Å². The van der Waals surface area contributed by atoms with E-state index in [2.05, 4.69) is 10.2 Å². The Bertz CT molecular complexity index is 1120. The minimum atomic E-state index is -0.296. The van der Waals surface area contributed by atoms with Crippen molar-refractivity contribution in [2.45, 2.75) is 44.7 Å². The number of hydrogen-bond donors (Lipinski definition) is 2. The van der Waals surface area contributed by atoms with Crippen LogP contribution in [0.3, 0.4) is 0 Å². The van der Waals surface area contributed by atoms with Crippen LogP contribution in [0.15, 0.2) is 42.5 Å². The Morgan fingerprint density at radius 1 is 1.19 bits per heavy atom. The molecule has 1 atom stereocenters. The van der Waals surface area contributed by atoms with Gasteiger partial charge < -0.3 is 14.7 Å². The molecule has 5 rings (SSSR count). The zero-order chi connectivity index (χ0) is 21.5. The Hall–Kier alpha value is -2.99. The molecule has 0 radical (unpaired) electrons. The van der Waals surface area contributed by atoms with E-state index in [9.17, 15) is 9.90 Å². The lowest BCUT2D eigenvalue weighted by Gasteiger charge is -2.32. The fourth-order valence-electron chi connectivity index (χ4n) is 4.85. The third kappa shape index (κ3) is 3.35. The number of rotatable bonds is 5. The summed E-state index contributed by atoms with van der Waals surface area (Å²) in [7, 11) is 0. The molecule has 1 saturated carbocycles. The number of fused-ring (bicyclic) bond motifs is 1. The third-order valence-corrected chi connectivity index (χ3v) is 6.49. The van der Waals surface area contributed by atoms with Gasteiger partial charge in [-0.3, -0.25) is 9.89 Å². The highest BCUT2D eigenvalue weighted by Crippen LogP contribution is 2.47. The number of aromatic hydroxyl groups is 1. The summed E-state index contributed by atoms with van der Waals surface area (Å²) in [6.07, 6.45) is 4.23. The van der Waals surface area contributed by atoms with Crippen LogP contribution >= 0.6 is 11.6 Å². The van der Waals surface area contributed by atoms with Gasteiger partial charge in [0.2, 0.25) is 0 Å². The minimum Gasteiger partial charge on any atom is -0.504 e. The molecule has 6 nitrogen and oxygen atoms in total. The summed E-state index contributed by atoms with van der Waals surface area (Å²) in [6.45, 7) is 2.32. The van der Waals surface area contributed by atoms with Gasteiger partial charge in [-0.2, -0.15) is 5.10 Å². The summed E-state index contributed by atoms with van der Waals surface area (Å²) >= 11 is 6.08. The number of nitrogens with one attached hydrogen (secondary N) is 1. The highest BCUT2D eigenvalue weighted by molar-refractivity contribution is 6.30. The second-order valence-corrected chi connectivity index (χ2v) is 8.52. The van der Waals surface area contributed by atoms with Crippen LogP contribution in [0.5, 0.6) is 11.5 Å². The second-order valence-electron chi connectivity index (χ2n) is 8.08. The van der Waals surface area contributed by atoms with E-state index in [0.717, 1.165) is 48.1 Å². The smallest absolute Gasteiger partial charge is 0.273 e. The summed E-state index contributed by atoms with van der Waals surface area (Å²) < 4.78 is 5.63. The highest BCUT2D eigenvalue weighted by Gasteiger charge is 2.45. The maximum atomic E-state index is 13.5. The normalized spacial score (nSPS) is 18.6. The van der Waals surface area contributed by atoms with Crippen LogP contribution in [0.25, 0.3) is 11.3 Å². The van der Waals surface area contributed by atoms with E-state index >= 15 is 0 Å². The number of phenols is 1. The molecule has 3 aromatic rings. The van der Waals surface area contributed by atoms with Gasteiger partial charge in [-0.05, 0) is 49.6 Å². The van der Waals surface area contributed by atoms with E-state index in [-0.39, 0.29) is 23.7 Å². The first kappa shape index (κ1) is 19.9. The number of amides is 1. The van der Waals surface area contributed by atoms with Crippen molar-refractivity contribution in [2.75, 3.05) is 6.61 Å². The number of nitrogens with zero attached hydrogens (tertiary/aromatic N) is 2. The van der Waals surface area contributed by atoms with Crippen molar-refractivity contribution >= 4 is 17.5 Å². The molecule has 2 aromatic carbocycles. The number of carbonyl (C=O) groups is 1. The number of phenolic OH excluding ortho intramolecular Hbond substituents is 1. The number of ether oxygens (including phenoxy) is 1. The van der Waals surface area contributed by atoms with E-state index in [1.165, 1.54) is 0 Å². The average molecular weight is 438 g/mol. The number of aromatic amines is 1. The summed E-state index contributed by atoms with van der Waals surface area (Å²) in [6, 6.07) is 12.7. The number of halogens is 1. The molecule has 160 valence electrons. The van der Waals surface area contributed by atoms with Gasteiger partial charge in [0.15, 0.2) is 11.5 Å². The molecule has 1 aliphatic carbocycles. The van der Waals surface area contributed by atoms with Gasteiger partial charge in [0.05, 0.1) is 18.3 Å². The SMILES string of the molecule is CCOc1cc(C2c3c(-c4ccc(Cl)cc4)n[nH]c3C(=O)N2C2CCCC2)ccc1O. The lowest BCUT2D eigenvalue weighted by atomic mass is 9.95. The molecule has 0 bridgehead atoms. The first-order valence-corrected chi connectivity index (χ1v) is 11.1. The second kappa shape index (κ2) is 7.93. The molecule has 2 heterocycles. The molecule has 0 saturated heterocycles. The van der Waals surface area contributed by atoms with Crippen molar-refractivity contribution in [1.82, 2.24) is 15.1 Å². The maximum Gasteiger partial charge on any atom is 0.273 e. The lowest BCUT2D eigenvalue weighted by molar-refractivity contribution is 0.0660. The lowest BCUT2D eigenvalue weighted by Crippen LogP contribution is -2.37. The van der Waals surface area contributed by atoms with Crippen molar-refractivity contribution in [2.24, 2.45) is 0 Å². The van der Waals surface area contributed by atoms with Gasteiger partial charge in [0.25, 0.3) is 5.91 Å². The van der Waals surface area contributed by atoms with E-state index in [0.29, 0.717) is 23.1 Å². The minimum absolute atomic E-state index is 0.0225. The van der Waals surface area contributed by atoms with E-state index < -0.39 is 0 Å². The molecular formula is C24H24ClN3O3. The van der Waals surface area contributed by atoms with Gasteiger partial charge in [0.1, 0.15) is 5.69 Å². The number of benzene rings is 2. The van der Waals surface area contributed by atoms with Crippen LogP contribution < -0.4 is 4.74 Å². The van der Waals surface area contributed by atoms with Crippen LogP contribution in [0.4, 0.5) is 0 Å². The average Bonchev–Trinajstić information content (AvgIpc) is 3.48. The summed E-state index contributed by atoms with van der Waals surface area (Å²) in [4.78, 5) is 15.5. The topological polar surface area (TPSA) is 78.5 Å². The van der Waals surface area contributed by atoms with E-state index in [1.807, 2.05) is 48.2 Å². The molecule has 7 heteroatoms. The molecule has 31 heavy (non-hydrogen) atoms. The Kier molecular flexibility index (Phi) is 5.10. The number of hydrogen-bond acceptors (Lipinski definition) is 4. The highest BCUT2D eigenvalue weighted by atomic mass is 35.5. The molecule has 2 aliphatic rings. The zero-order valence-electron chi connectivity index (χ0n) is 17.3. The van der Waals surface area contributed by atoms with Crippen molar-refractivity contribution in [3.63, 3.8) is 0 Å². The van der Waals surface area contributed by atoms with Gasteiger partial charge in [-0.1, -0.05) is 42.6 Å². The summed E-state index contributed by atoms with van der Waals surface area (Å²) in [5.41, 5.74) is 3.95. The third-order valence-electron chi connectivity index (χ3n) is 6.24. The van der Waals surface area contributed by atoms with Gasteiger partial charge in [-0.25, -0.2) is 0 Å². The number of aromatic nitrogens is 2. The molecular weight excluding hydrogens is 414 g/mol. The molecule has 0 spiro atoms. The fourth-order valence-corrected chi connectivity index (χ4v) is 4.98. The molecule has 2 N–H and O–H groups in total. The largest absolute Gasteiger partial charge is 0.504 e. The summed E-state index contributed by atoms with van der Waals surface area (Å²) in [5, 5.41) is 18.4. The predicted molar refractivity (Wildman–Crippen MR) is 119 cm³/mol. The van der Waals surface area contributed by atoms with Crippen molar-refractivity contribution in [1.29, 1.82) is 0 Å². The first-order valence-electron chi connectivity index (χ1n) is 10.7. The molecule has 1 aliphatic heterocycles. The maximum absolute atomic E-state index is 13.5. The van der Waals surface area contributed by atoms with Gasteiger partial charge in [0, 0.05) is 22.2 Å². The van der Waals surface area contributed by atoms with Crippen LogP contribution in [0.1, 0.15) is 60.3 Å². The molecule has 1 fully saturated rings. The molecule has 1 unspecified atom stereocenters. The predicted octanol–water partition coefficient (Wildman–Crippen LogP) is 5.32. The fraction of sp³-hybridized carbons (Fsp3) is 0.333. The van der Waals surface area contributed by atoms with Crippen molar-refractivity contribution in [3.8, 4) is 22.8 Å². The van der Waals surface area contributed by atoms with Crippen LogP contribution in [-0.2, 0) is 0 Å². The Morgan fingerprint density at radius 3 is 2.65 bits per heavy atom. The Balaban J connectivity index is 1.67. The van der Waals surface area contributed by atoms with Crippen molar-refractivity contribution < 1.29 is 14.6 Å². The molecule has 1 amide bonds. The van der Waals surface area contributed by atoms with Gasteiger partial charge in [-0.15, -0.1) is 0 Å². The summed E-state index contributed by atoms with van der Waals surface area (Å²) in [5.74, 6) is 0.488. The zero-order valence-corrected chi connectivity index (χ0v) is 18.0. The Morgan fingerprint density at radius 2 is 1.94 bits per heavy atom. The Labute approximate surface area is 185 Å². The van der Waals surface area contributed by atoms with Gasteiger partial charge >= 0.3 is 0 Å². The standard InChI is InChI=1S/C24H24ClN3O3/c1-2-31-19-13-15(9-12-18(19)29)23-20-21(14-7-10-16(25)11-8-14)26-27-22(20)24(30)28(23)17-5-3-4-6-17/h7-13,17,23,29H,2-6H2,1H3,(H,26,27). The van der Waals surface area contributed by atoms with Crippen LogP contribution in [0.2, 0.25) is 5.02 Å². The number of carbonyl (C=O) groups excluding carboxylic acids is 1. The van der Waals surface area contributed by atoms with Crippen LogP contribution in [0, 0.1) is 0 Å².